The Balaban J connectivity index is 1.33. The van der Waals surface area contributed by atoms with E-state index in [1.807, 2.05) is 32.0 Å². The van der Waals surface area contributed by atoms with Crippen molar-refractivity contribution in [2.45, 2.75) is 44.6 Å². The highest BCUT2D eigenvalue weighted by Crippen LogP contribution is 2.45. The molecule has 2 fully saturated rings. The second-order valence-electron chi connectivity index (χ2n) is 10.6. The van der Waals surface area contributed by atoms with Crippen LogP contribution in [0, 0.1) is 16.7 Å². The quantitative estimate of drug-likeness (QED) is 0.458. The fourth-order valence-electron chi connectivity index (χ4n) is 5.02. The maximum Gasteiger partial charge on any atom is 0.319 e. The lowest BCUT2D eigenvalue weighted by molar-refractivity contribution is 0.0927. The average Bonchev–Trinajstić information content (AvgIpc) is 3.56. The van der Waals surface area contributed by atoms with Gasteiger partial charge in [-0.1, -0.05) is 0 Å². The molecule has 2 aliphatic rings. The highest BCUT2D eigenvalue weighted by molar-refractivity contribution is 5.93. The molecule has 0 radical (unpaired) electrons. The molecule has 3 aromatic heterocycles. The molecule has 4 heterocycles. The van der Waals surface area contributed by atoms with E-state index in [1.54, 1.807) is 12.3 Å². The summed E-state index contributed by atoms with van der Waals surface area (Å²) in [5.74, 6) is 0.841. The second-order valence-corrected chi connectivity index (χ2v) is 10.6. The maximum atomic E-state index is 13.1. The number of aromatic nitrogens is 4. The lowest BCUT2D eigenvalue weighted by atomic mass is 9.89. The number of fused-ring (bicyclic) bond motifs is 1. The molecule has 10 heteroatoms. The number of nitrogens with zero attached hydrogens (tertiary/aromatic N) is 6. The van der Waals surface area contributed by atoms with Crippen LogP contribution in [0.25, 0.3) is 11.0 Å². The Labute approximate surface area is 217 Å². The number of nitriles is 1. The van der Waals surface area contributed by atoms with Crippen molar-refractivity contribution in [3.8, 4) is 12.1 Å². The number of likely N-dealkylation sites (N-methyl/N-ethyl adjacent to an activating group) is 1. The van der Waals surface area contributed by atoms with Gasteiger partial charge in [0, 0.05) is 49.5 Å². The zero-order chi connectivity index (χ0) is 26.0. The first kappa shape index (κ1) is 25.0. The topological polar surface area (TPSA) is 123 Å². The Morgan fingerprint density at radius 1 is 1.35 bits per heavy atom. The molecule has 0 aromatic carbocycles. The van der Waals surface area contributed by atoms with Gasteiger partial charge in [0.2, 0.25) is 0 Å². The summed E-state index contributed by atoms with van der Waals surface area (Å²) < 4.78 is 5.87. The van der Waals surface area contributed by atoms with Gasteiger partial charge in [-0.25, -0.2) is 4.98 Å². The summed E-state index contributed by atoms with van der Waals surface area (Å²) in [7, 11) is 3.94. The predicted molar refractivity (Wildman–Crippen MR) is 141 cm³/mol. The molecule has 1 saturated carbocycles. The number of pyridine rings is 1. The molecule has 3 aromatic rings. The number of anilines is 1. The zero-order valence-electron chi connectivity index (χ0n) is 21.7. The van der Waals surface area contributed by atoms with Crippen LogP contribution in [0.3, 0.4) is 0 Å². The van der Waals surface area contributed by atoms with Crippen molar-refractivity contribution in [2.24, 2.45) is 5.41 Å². The smallest absolute Gasteiger partial charge is 0.319 e. The third-order valence-corrected chi connectivity index (χ3v) is 7.25. The summed E-state index contributed by atoms with van der Waals surface area (Å²) in [6.45, 7) is 4.52. The number of aromatic amines is 1. The number of carbonyl (C=O) groups is 1. The van der Waals surface area contributed by atoms with Crippen LogP contribution in [0.2, 0.25) is 0 Å². The first-order chi connectivity index (χ1) is 17.9. The number of amides is 1. The van der Waals surface area contributed by atoms with Gasteiger partial charge >= 0.3 is 6.01 Å². The number of ether oxygens (including phenoxy) is 1. The first-order valence-corrected chi connectivity index (χ1v) is 12.9. The van der Waals surface area contributed by atoms with E-state index in [1.165, 1.54) is 10.9 Å². The van der Waals surface area contributed by atoms with Crippen LogP contribution in [-0.4, -0.2) is 77.1 Å². The molecular formula is C27H34N8O2. The summed E-state index contributed by atoms with van der Waals surface area (Å²) in [4.78, 5) is 34.0. The van der Waals surface area contributed by atoms with Crippen LogP contribution in [0.4, 0.5) is 5.82 Å². The van der Waals surface area contributed by atoms with Gasteiger partial charge in [-0.2, -0.15) is 15.2 Å². The summed E-state index contributed by atoms with van der Waals surface area (Å²) in [6, 6.07) is 8.27. The van der Waals surface area contributed by atoms with Gasteiger partial charge in [0.25, 0.3) is 5.91 Å². The SMILES string of the molecule is C[C@H](CN(C)C)NC(=O)c1cc(N2CCC(c3c[nH]c4ncccc34)CC2)nc(OCC2(C#N)CC2)n1. The molecule has 0 bridgehead atoms. The third kappa shape index (κ3) is 5.67. The van der Waals surface area contributed by atoms with E-state index in [0.717, 1.165) is 44.4 Å². The van der Waals surface area contributed by atoms with Crippen molar-refractivity contribution in [1.82, 2.24) is 30.2 Å². The van der Waals surface area contributed by atoms with E-state index >= 15 is 0 Å². The summed E-state index contributed by atoms with van der Waals surface area (Å²) in [6.07, 6.45) is 7.43. The minimum Gasteiger partial charge on any atom is -0.462 e. The Morgan fingerprint density at radius 2 is 2.14 bits per heavy atom. The summed E-state index contributed by atoms with van der Waals surface area (Å²) in [5, 5.41) is 13.6. The molecule has 2 N–H and O–H groups in total. The van der Waals surface area contributed by atoms with Crippen LogP contribution < -0.4 is 15.0 Å². The van der Waals surface area contributed by atoms with Crippen molar-refractivity contribution in [2.75, 3.05) is 45.2 Å². The van der Waals surface area contributed by atoms with Crippen LogP contribution in [0.5, 0.6) is 6.01 Å². The van der Waals surface area contributed by atoms with Crippen molar-refractivity contribution >= 4 is 22.8 Å². The number of piperidine rings is 1. The summed E-state index contributed by atoms with van der Waals surface area (Å²) in [5.41, 5.74) is 2.05. The van der Waals surface area contributed by atoms with Crippen molar-refractivity contribution in [3.63, 3.8) is 0 Å². The number of rotatable bonds is 9. The van der Waals surface area contributed by atoms with Crippen molar-refractivity contribution in [3.05, 3.63) is 41.9 Å². The second kappa shape index (κ2) is 10.3. The van der Waals surface area contributed by atoms with E-state index in [4.69, 9.17) is 4.74 Å². The van der Waals surface area contributed by atoms with Gasteiger partial charge in [0.15, 0.2) is 0 Å². The molecule has 1 amide bonds. The number of hydrogen-bond acceptors (Lipinski definition) is 8. The molecule has 37 heavy (non-hydrogen) atoms. The highest BCUT2D eigenvalue weighted by Gasteiger charge is 2.44. The molecule has 0 spiro atoms. The van der Waals surface area contributed by atoms with Crippen LogP contribution in [-0.2, 0) is 0 Å². The molecule has 1 aliphatic heterocycles. The molecule has 194 valence electrons. The summed E-state index contributed by atoms with van der Waals surface area (Å²) >= 11 is 0. The minimum absolute atomic E-state index is 0.0417. The van der Waals surface area contributed by atoms with E-state index < -0.39 is 5.41 Å². The van der Waals surface area contributed by atoms with Gasteiger partial charge in [0.1, 0.15) is 23.8 Å². The molecule has 5 rings (SSSR count). The lowest BCUT2D eigenvalue weighted by Gasteiger charge is -2.33. The predicted octanol–water partition coefficient (Wildman–Crippen LogP) is 3.10. The molecule has 0 unspecified atom stereocenters. The molecular weight excluding hydrogens is 468 g/mol. The number of nitrogens with one attached hydrogen (secondary N) is 2. The monoisotopic (exact) mass is 502 g/mol. The van der Waals surface area contributed by atoms with E-state index in [9.17, 15) is 10.1 Å². The average molecular weight is 503 g/mol. The molecule has 10 nitrogen and oxygen atoms in total. The fourth-order valence-corrected chi connectivity index (χ4v) is 5.02. The minimum atomic E-state index is -0.450. The van der Waals surface area contributed by atoms with Crippen LogP contribution in [0.1, 0.15) is 54.6 Å². The standard InChI is InChI=1S/C27H34N8O2/c1-18(15-34(2)3)31-25(36)22-13-23(33-26(32-22)37-17-27(16-28)8-9-27)35-11-6-19(7-12-35)21-14-30-24-20(21)5-4-10-29-24/h4-5,10,13-14,18-19H,6-9,11-12,15,17H2,1-3H3,(H,29,30)(H,31,36)/t18-/m1/s1. The van der Waals surface area contributed by atoms with Gasteiger partial charge < -0.3 is 24.8 Å². The Bertz CT molecular complexity index is 1300. The van der Waals surface area contributed by atoms with Gasteiger partial charge in [-0.3, -0.25) is 4.79 Å². The number of hydrogen-bond donors (Lipinski definition) is 2. The first-order valence-electron chi connectivity index (χ1n) is 12.9. The van der Waals surface area contributed by atoms with E-state index in [2.05, 4.69) is 48.5 Å². The normalized spacial score (nSPS) is 18.0. The number of H-pyrrole nitrogens is 1. The largest absolute Gasteiger partial charge is 0.462 e. The third-order valence-electron chi connectivity index (χ3n) is 7.25. The Morgan fingerprint density at radius 3 is 2.84 bits per heavy atom. The van der Waals surface area contributed by atoms with E-state index in [-0.39, 0.29) is 30.3 Å². The van der Waals surface area contributed by atoms with Crippen molar-refractivity contribution < 1.29 is 9.53 Å². The molecule has 1 atom stereocenters. The van der Waals surface area contributed by atoms with Gasteiger partial charge in [0.05, 0.1) is 11.5 Å². The van der Waals surface area contributed by atoms with Crippen LogP contribution in [0.15, 0.2) is 30.6 Å². The number of carbonyl (C=O) groups excluding carboxylic acids is 1. The lowest BCUT2D eigenvalue weighted by Crippen LogP contribution is -2.40. The van der Waals surface area contributed by atoms with Crippen molar-refractivity contribution in [1.29, 1.82) is 5.26 Å². The van der Waals surface area contributed by atoms with Crippen LogP contribution >= 0.6 is 0 Å². The maximum absolute atomic E-state index is 13.1. The van der Waals surface area contributed by atoms with Gasteiger partial charge in [-0.15, -0.1) is 0 Å². The van der Waals surface area contributed by atoms with Gasteiger partial charge in [-0.05, 0) is 70.3 Å². The Kier molecular flexibility index (Phi) is 6.98. The highest BCUT2D eigenvalue weighted by atomic mass is 16.5. The fraction of sp³-hybridized carbons (Fsp3) is 0.519. The van der Waals surface area contributed by atoms with E-state index in [0.29, 0.717) is 18.3 Å². The zero-order valence-corrected chi connectivity index (χ0v) is 21.7. The molecule has 1 saturated heterocycles. The Hall–Kier alpha value is -3.71. The molecule has 1 aliphatic carbocycles.